The number of hydrogen-bond donors (Lipinski definition) is 2. The Bertz CT molecular complexity index is 711. The maximum Gasteiger partial charge on any atom is 0.433 e. The van der Waals surface area contributed by atoms with Crippen molar-refractivity contribution in [2.45, 2.75) is 37.6 Å². The van der Waals surface area contributed by atoms with Gasteiger partial charge in [-0.25, -0.2) is 9.37 Å². The highest BCUT2D eigenvalue weighted by Gasteiger charge is 2.35. The number of piperidine rings is 1. The van der Waals surface area contributed by atoms with Crippen LogP contribution < -0.4 is 5.32 Å². The number of aliphatic hydroxyl groups excluding tert-OH is 1. The third kappa shape index (κ3) is 3.16. The van der Waals surface area contributed by atoms with Crippen LogP contribution in [0.2, 0.25) is 0 Å². The van der Waals surface area contributed by atoms with Gasteiger partial charge >= 0.3 is 6.18 Å². The fourth-order valence-electron chi connectivity index (χ4n) is 2.99. The molecule has 1 aromatic heterocycles. The zero-order chi connectivity index (χ0) is 16.6. The topological polar surface area (TPSA) is 45.2 Å². The Balaban J connectivity index is 2.15. The summed E-state index contributed by atoms with van der Waals surface area (Å²) in [5.41, 5.74) is -1.51. The van der Waals surface area contributed by atoms with E-state index in [1.165, 1.54) is 12.1 Å². The van der Waals surface area contributed by atoms with E-state index in [1.54, 1.807) is 0 Å². The largest absolute Gasteiger partial charge is 0.433 e. The summed E-state index contributed by atoms with van der Waals surface area (Å²) < 4.78 is 53.1. The van der Waals surface area contributed by atoms with E-state index in [2.05, 4.69) is 10.3 Å². The average molecular weight is 328 g/mol. The van der Waals surface area contributed by atoms with Gasteiger partial charge in [0.2, 0.25) is 0 Å². The Labute approximate surface area is 130 Å². The first kappa shape index (κ1) is 16.1. The van der Waals surface area contributed by atoms with Gasteiger partial charge in [-0.3, -0.25) is 0 Å². The molecule has 1 fully saturated rings. The predicted octanol–water partition coefficient (Wildman–Crippen LogP) is 3.57. The van der Waals surface area contributed by atoms with Crippen LogP contribution in [-0.4, -0.2) is 22.7 Å². The summed E-state index contributed by atoms with van der Waals surface area (Å²) >= 11 is 0. The Morgan fingerprint density at radius 1 is 1.26 bits per heavy atom. The first-order chi connectivity index (χ1) is 10.9. The summed E-state index contributed by atoms with van der Waals surface area (Å²) in [4.78, 5) is 3.40. The van der Waals surface area contributed by atoms with E-state index in [-0.39, 0.29) is 22.5 Å². The normalized spacial score (nSPS) is 20.7. The molecule has 1 aromatic carbocycles. The van der Waals surface area contributed by atoms with Gasteiger partial charge in [0.25, 0.3) is 0 Å². The van der Waals surface area contributed by atoms with Crippen molar-refractivity contribution < 1.29 is 22.7 Å². The van der Waals surface area contributed by atoms with Crippen LogP contribution in [0.1, 0.15) is 36.6 Å². The number of pyridine rings is 1. The zero-order valence-corrected chi connectivity index (χ0v) is 12.2. The molecule has 1 aliphatic rings. The fraction of sp³-hybridized carbons (Fsp3) is 0.438. The van der Waals surface area contributed by atoms with Crippen LogP contribution in [0.5, 0.6) is 0 Å². The molecule has 0 amide bonds. The average Bonchev–Trinajstić information content (AvgIpc) is 2.54. The summed E-state index contributed by atoms with van der Waals surface area (Å²) in [6.07, 6.45) is -3.35. The van der Waals surface area contributed by atoms with Crippen molar-refractivity contribution in [3.63, 3.8) is 0 Å². The summed E-state index contributed by atoms with van der Waals surface area (Å²) in [7, 11) is 0. The molecule has 1 saturated heterocycles. The van der Waals surface area contributed by atoms with Crippen molar-refractivity contribution in [3.05, 3.63) is 41.3 Å². The first-order valence-electron chi connectivity index (χ1n) is 7.46. The van der Waals surface area contributed by atoms with Crippen LogP contribution >= 0.6 is 0 Å². The van der Waals surface area contributed by atoms with Gasteiger partial charge in [0.05, 0.1) is 6.10 Å². The molecule has 2 heterocycles. The van der Waals surface area contributed by atoms with E-state index < -0.39 is 23.8 Å². The molecule has 1 aliphatic heterocycles. The standard InChI is InChI=1S/C16H16F4N2O/c17-11-5-3-4-9-10(15(23)12-6-1-2-7-21-12)8-13(16(18,19)20)22-14(9)11/h3-5,8,12,15,21,23H,1-2,6-7H2. The third-order valence-electron chi connectivity index (χ3n) is 4.16. The van der Waals surface area contributed by atoms with E-state index >= 15 is 0 Å². The minimum atomic E-state index is -4.70. The highest BCUT2D eigenvalue weighted by Crippen LogP contribution is 2.35. The number of fused-ring (bicyclic) bond motifs is 1. The number of rotatable bonds is 2. The highest BCUT2D eigenvalue weighted by molar-refractivity contribution is 5.83. The second-order valence-corrected chi connectivity index (χ2v) is 5.73. The Kier molecular flexibility index (Phi) is 4.25. The fourth-order valence-corrected chi connectivity index (χ4v) is 2.99. The number of halogens is 4. The number of benzene rings is 1. The SMILES string of the molecule is OC(c1cc(C(F)(F)F)nc2c(F)cccc12)C1CCCCN1. The van der Waals surface area contributed by atoms with Gasteiger partial charge in [0.1, 0.15) is 17.0 Å². The van der Waals surface area contributed by atoms with E-state index in [4.69, 9.17) is 0 Å². The summed E-state index contributed by atoms with van der Waals surface area (Å²) in [5, 5.41) is 13.9. The molecule has 2 atom stereocenters. The minimum Gasteiger partial charge on any atom is -0.387 e. The Morgan fingerprint density at radius 3 is 2.70 bits per heavy atom. The minimum absolute atomic E-state index is 0.0567. The van der Waals surface area contributed by atoms with Gasteiger partial charge in [0.15, 0.2) is 0 Å². The molecule has 7 heteroatoms. The number of hydrogen-bond acceptors (Lipinski definition) is 3. The lowest BCUT2D eigenvalue weighted by Gasteiger charge is -2.29. The molecule has 124 valence electrons. The van der Waals surface area contributed by atoms with Crippen LogP contribution in [0.3, 0.4) is 0 Å². The number of para-hydroxylation sites is 1. The molecule has 3 rings (SSSR count). The molecule has 0 spiro atoms. The molecule has 2 unspecified atom stereocenters. The second kappa shape index (κ2) is 6.05. The maximum absolute atomic E-state index is 13.9. The van der Waals surface area contributed by atoms with Crippen molar-refractivity contribution in [2.75, 3.05) is 6.54 Å². The van der Waals surface area contributed by atoms with E-state index in [0.29, 0.717) is 13.0 Å². The zero-order valence-electron chi connectivity index (χ0n) is 12.2. The van der Waals surface area contributed by atoms with Crippen molar-refractivity contribution in [2.24, 2.45) is 0 Å². The summed E-state index contributed by atoms with van der Waals surface area (Å²) in [5.74, 6) is -0.835. The van der Waals surface area contributed by atoms with Crippen LogP contribution in [0.15, 0.2) is 24.3 Å². The van der Waals surface area contributed by atoms with Crippen molar-refractivity contribution in [3.8, 4) is 0 Å². The molecule has 0 saturated carbocycles. The lowest BCUT2D eigenvalue weighted by molar-refractivity contribution is -0.141. The Morgan fingerprint density at radius 2 is 2.04 bits per heavy atom. The third-order valence-corrected chi connectivity index (χ3v) is 4.16. The molecule has 0 aliphatic carbocycles. The van der Waals surface area contributed by atoms with E-state index in [1.807, 2.05) is 0 Å². The maximum atomic E-state index is 13.9. The highest BCUT2D eigenvalue weighted by atomic mass is 19.4. The Hall–Kier alpha value is -1.73. The number of aliphatic hydroxyl groups is 1. The molecule has 0 bridgehead atoms. The predicted molar refractivity (Wildman–Crippen MR) is 77.3 cm³/mol. The van der Waals surface area contributed by atoms with Gasteiger partial charge in [0, 0.05) is 11.4 Å². The number of alkyl halides is 3. The van der Waals surface area contributed by atoms with Gasteiger partial charge in [-0.05, 0) is 37.1 Å². The molecule has 23 heavy (non-hydrogen) atoms. The van der Waals surface area contributed by atoms with Crippen molar-refractivity contribution in [1.29, 1.82) is 0 Å². The smallest absolute Gasteiger partial charge is 0.387 e. The van der Waals surface area contributed by atoms with Crippen LogP contribution in [-0.2, 0) is 6.18 Å². The lowest BCUT2D eigenvalue weighted by Crippen LogP contribution is -2.39. The number of nitrogens with zero attached hydrogens (tertiary/aromatic N) is 1. The first-order valence-corrected chi connectivity index (χ1v) is 7.46. The quantitative estimate of drug-likeness (QED) is 0.829. The molecule has 2 N–H and O–H groups in total. The van der Waals surface area contributed by atoms with E-state index in [9.17, 15) is 22.7 Å². The number of nitrogens with one attached hydrogen (secondary N) is 1. The molecule has 0 radical (unpaired) electrons. The molecular formula is C16H16F4N2O. The van der Waals surface area contributed by atoms with Gasteiger partial charge in [-0.2, -0.15) is 13.2 Å². The second-order valence-electron chi connectivity index (χ2n) is 5.73. The van der Waals surface area contributed by atoms with Crippen molar-refractivity contribution >= 4 is 10.9 Å². The van der Waals surface area contributed by atoms with Gasteiger partial charge in [-0.1, -0.05) is 18.6 Å². The monoisotopic (exact) mass is 328 g/mol. The van der Waals surface area contributed by atoms with Crippen LogP contribution in [0, 0.1) is 5.82 Å². The molecule has 2 aromatic rings. The summed E-state index contributed by atoms with van der Waals surface area (Å²) in [6, 6.07) is 4.41. The lowest BCUT2D eigenvalue weighted by atomic mass is 9.92. The van der Waals surface area contributed by atoms with Gasteiger partial charge in [-0.15, -0.1) is 0 Å². The number of aromatic nitrogens is 1. The molecule has 3 nitrogen and oxygen atoms in total. The van der Waals surface area contributed by atoms with Crippen molar-refractivity contribution in [1.82, 2.24) is 10.3 Å². The summed E-state index contributed by atoms with van der Waals surface area (Å²) in [6.45, 7) is 0.700. The van der Waals surface area contributed by atoms with Crippen LogP contribution in [0.25, 0.3) is 10.9 Å². The molecular weight excluding hydrogens is 312 g/mol. The van der Waals surface area contributed by atoms with Crippen LogP contribution in [0.4, 0.5) is 17.6 Å². The van der Waals surface area contributed by atoms with E-state index in [0.717, 1.165) is 25.0 Å². The van der Waals surface area contributed by atoms with Gasteiger partial charge < -0.3 is 10.4 Å².